The Balaban J connectivity index is 1.48. The van der Waals surface area contributed by atoms with Crippen LogP contribution in [0.1, 0.15) is 35.8 Å². The Morgan fingerprint density at radius 1 is 1.07 bits per heavy atom. The molecule has 0 radical (unpaired) electrons. The maximum absolute atomic E-state index is 9.75. The maximum Gasteiger partial charge on any atom is 0.167 e. The summed E-state index contributed by atoms with van der Waals surface area (Å²) < 4.78 is 7.33. The molecule has 138 valence electrons. The van der Waals surface area contributed by atoms with Crippen LogP contribution >= 0.6 is 0 Å². The molecule has 0 aliphatic heterocycles. The summed E-state index contributed by atoms with van der Waals surface area (Å²) in [5, 5.41) is 13.9. The van der Waals surface area contributed by atoms with E-state index in [0.717, 1.165) is 22.5 Å². The Morgan fingerprint density at radius 3 is 2.68 bits per heavy atom. The number of nitrogens with zero attached hydrogens (tertiary/aromatic N) is 4. The van der Waals surface area contributed by atoms with Gasteiger partial charge in [0.05, 0.1) is 6.54 Å². The first-order valence-corrected chi connectivity index (χ1v) is 8.87. The van der Waals surface area contributed by atoms with Gasteiger partial charge < -0.3 is 14.2 Å². The van der Waals surface area contributed by atoms with E-state index in [-0.39, 0.29) is 0 Å². The smallest absolute Gasteiger partial charge is 0.167 e. The first kappa shape index (κ1) is 17.7. The molecule has 6 heteroatoms. The Morgan fingerprint density at radius 2 is 1.93 bits per heavy atom. The number of rotatable bonds is 4. The fraction of sp³-hybridized carbons (Fsp3) is 0.136. The van der Waals surface area contributed by atoms with Gasteiger partial charge in [-0.1, -0.05) is 17.1 Å². The second-order valence-electron chi connectivity index (χ2n) is 6.31. The van der Waals surface area contributed by atoms with Crippen molar-refractivity contribution in [3.63, 3.8) is 0 Å². The van der Waals surface area contributed by atoms with Crippen molar-refractivity contribution in [2.24, 2.45) is 0 Å². The van der Waals surface area contributed by atoms with Crippen LogP contribution in [0.4, 0.5) is 0 Å². The quantitative estimate of drug-likeness (QED) is 0.557. The molecule has 0 amide bonds. The highest BCUT2D eigenvalue weighted by Crippen LogP contribution is 2.22. The lowest BCUT2D eigenvalue weighted by Gasteiger charge is -2.07. The highest BCUT2D eigenvalue weighted by Gasteiger charge is 2.12. The number of hydrogen-bond acceptors (Lipinski definition) is 5. The third-order valence-electron chi connectivity index (χ3n) is 4.18. The molecule has 1 aromatic carbocycles. The van der Waals surface area contributed by atoms with Gasteiger partial charge in [0.2, 0.25) is 0 Å². The van der Waals surface area contributed by atoms with E-state index in [4.69, 9.17) is 4.52 Å². The number of pyridine rings is 1. The van der Waals surface area contributed by atoms with Crippen LogP contribution in [-0.4, -0.2) is 24.8 Å². The van der Waals surface area contributed by atoms with Gasteiger partial charge in [0.15, 0.2) is 5.76 Å². The second kappa shape index (κ2) is 7.91. The van der Waals surface area contributed by atoms with Gasteiger partial charge in [0.25, 0.3) is 0 Å². The zero-order chi connectivity index (χ0) is 19.3. The lowest BCUT2D eigenvalue weighted by molar-refractivity contribution is 0.184. The molecule has 0 aliphatic rings. The number of aromatic nitrogens is 4. The van der Waals surface area contributed by atoms with Crippen molar-refractivity contribution in [1.29, 1.82) is 0 Å². The summed E-state index contributed by atoms with van der Waals surface area (Å²) in [5.74, 6) is 7.41. The van der Waals surface area contributed by atoms with Crippen molar-refractivity contribution in [1.82, 2.24) is 19.7 Å². The van der Waals surface area contributed by atoms with E-state index in [2.05, 4.69) is 27.0 Å². The number of aliphatic hydroxyl groups excluding tert-OH is 1. The van der Waals surface area contributed by atoms with Crippen LogP contribution in [0.25, 0.3) is 11.3 Å². The second-order valence-corrected chi connectivity index (χ2v) is 6.31. The summed E-state index contributed by atoms with van der Waals surface area (Å²) >= 11 is 0. The lowest BCUT2D eigenvalue weighted by Crippen LogP contribution is -2.07. The SMILES string of the molecule is C[C@H](O)c1nccn1Cc1cc(-c2ccc(C#Cc3ccccn3)cc2)on1. The van der Waals surface area contributed by atoms with E-state index >= 15 is 0 Å². The van der Waals surface area contributed by atoms with E-state index < -0.39 is 6.10 Å². The number of hydrogen-bond donors (Lipinski definition) is 1. The third-order valence-corrected chi connectivity index (χ3v) is 4.18. The van der Waals surface area contributed by atoms with Gasteiger partial charge >= 0.3 is 0 Å². The topological polar surface area (TPSA) is 77.0 Å². The zero-order valence-electron chi connectivity index (χ0n) is 15.3. The molecule has 0 saturated heterocycles. The van der Waals surface area contributed by atoms with Crippen molar-refractivity contribution < 1.29 is 9.63 Å². The normalized spacial score (nSPS) is 11.6. The summed E-state index contributed by atoms with van der Waals surface area (Å²) in [6.07, 6.45) is 4.56. The summed E-state index contributed by atoms with van der Waals surface area (Å²) in [6, 6.07) is 15.3. The van der Waals surface area contributed by atoms with Crippen molar-refractivity contribution >= 4 is 0 Å². The van der Waals surface area contributed by atoms with E-state index in [1.54, 1.807) is 19.3 Å². The van der Waals surface area contributed by atoms with Gasteiger partial charge in [0.1, 0.15) is 23.3 Å². The van der Waals surface area contributed by atoms with E-state index in [0.29, 0.717) is 18.1 Å². The van der Waals surface area contributed by atoms with Gasteiger partial charge in [-0.05, 0) is 49.2 Å². The van der Waals surface area contributed by atoms with Gasteiger partial charge in [-0.3, -0.25) is 0 Å². The van der Waals surface area contributed by atoms with Gasteiger partial charge in [-0.25, -0.2) is 9.97 Å². The summed E-state index contributed by atoms with van der Waals surface area (Å²) in [5.41, 5.74) is 3.31. The Hall–Kier alpha value is -3.69. The van der Waals surface area contributed by atoms with Crippen LogP contribution < -0.4 is 0 Å². The number of imidazole rings is 1. The van der Waals surface area contributed by atoms with Gasteiger partial charge in [0, 0.05) is 35.8 Å². The maximum atomic E-state index is 9.75. The van der Waals surface area contributed by atoms with Crippen molar-refractivity contribution in [3.05, 3.63) is 89.9 Å². The minimum absolute atomic E-state index is 0.484. The molecular formula is C22H18N4O2. The van der Waals surface area contributed by atoms with Crippen LogP contribution in [0.15, 0.2) is 71.6 Å². The standard InChI is InChI=1S/C22H18N4O2/c1-16(27)22-24-12-13-26(22)15-20-14-21(28-25-20)18-8-5-17(6-9-18)7-10-19-4-2-3-11-23-19/h2-6,8-9,11-14,16,27H,15H2,1H3/t16-/m0/s1. The molecule has 6 nitrogen and oxygen atoms in total. The lowest BCUT2D eigenvalue weighted by atomic mass is 10.1. The summed E-state index contributed by atoms with van der Waals surface area (Å²) in [4.78, 5) is 8.35. The highest BCUT2D eigenvalue weighted by atomic mass is 16.5. The molecule has 1 N–H and O–H groups in total. The fourth-order valence-electron chi connectivity index (χ4n) is 2.81. The molecule has 28 heavy (non-hydrogen) atoms. The summed E-state index contributed by atoms with van der Waals surface area (Å²) in [6.45, 7) is 2.17. The Labute approximate surface area is 162 Å². The van der Waals surface area contributed by atoms with Crippen LogP contribution in [-0.2, 0) is 6.54 Å². The molecule has 3 heterocycles. The first-order valence-electron chi connectivity index (χ1n) is 8.87. The van der Waals surface area contributed by atoms with Crippen molar-refractivity contribution in [2.45, 2.75) is 19.6 Å². The molecule has 4 rings (SSSR count). The molecule has 4 aromatic rings. The summed E-state index contributed by atoms with van der Waals surface area (Å²) in [7, 11) is 0. The van der Waals surface area contributed by atoms with Crippen molar-refractivity contribution in [3.8, 4) is 23.2 Å². The van der Waals surface area contributed by atoms with E-state index in [1.807, 2.05) is 59.3 Å². The molecule has 1 atom stereocenters. The predicted octanol–water partition coefficient (Wildman–Crippen LogP) is 3.43. The molecule has 0 bridgehead atoms. The molecule has 0 saturated carbocycles. The number of aliphatic hydroxyl groups is 1. The minimum atomic E-state index is -0.638. The molecule has 3 aromatic heterocycles. The van der Waals surface area contributed by atoms with Crippen LogP contribution in [0.3, 0.4) is 0 Å². The molecule has 0 fully saturated rings. The zero-order valence-corrected chi connectivity index (χ0v) is 15.3. The van der Waals surface area contributed by atoms with Gasteiger partial charge in [-0.15, -0.1) is 0 Å². The Kier molecular flexibility index (Phi) is 5.00. The Bertz CT molecular complexity index is 1120. The monoisotopic (exact) mass is 370 g/mol. The molecular weight excluding hydrogens is 352 g/mol. The van der Waals surface area contributed by atoms with Crippen LogP contribution in [0.5, 0.6) is 0 Å². The van der Waals surface area contributed by atoms with Crippen LogP contribution in [0.2, 0.25) is 0 Å². The van der Waals surface area contributed by atoms with Crippen molar-refractivity contribution in [2.75, 3.05) is 0 Å². The molecule has 0 aliphatic carbocycles. The average Bonchev–Trinajstić information content (AvgIpc) is 3.38. The first-order chi connectivity index (χ1) is 13.7. The average molecular weight is 370 g/mol. The third kappa shape index (κ3) is 4.00. The van der Waals surface area contributed by atoms with Crippen LogP contribution in [0, 0.1) is 11.8 Å². The van der Waals surface area contributed by atoms with E-state index in [1.165, 1.54) is 0 Å². The predicted molar refractivity (Wildman–Crippen MR) is 104 cm³/mol. The highest BCUT2D eigenvalue weighted by molar-refractivity contribution is 5.59. The van der Waals surface area contributed by atoms with E-state index in [9.17, 15) is 5.11 Å². The fourth-order valence-corrected chi connectivity index (χ4v) is 2.81. The van der Waals surface area contributed by atoms with Gasteiger partial charge in [-0.2, -0.15) is 0 Å². The number of benzene rings is 1. The molecule has 0 unspecified atom stereocenters. The minimum Gasteiger partial charge on any atom is -0.385 e. The molecule has 0 spiro atoms. The largest absolute Gasteiger partial charge is 0.385 e.